The smallest absolute Gasteiger partial charge is 0.299 e. The predicted octanol–water partition coefficient (Wildman–Crippen LogP) is 3.84. The van der Waals surface area contributed by atoms with Crippen LogP contribution < -0.4 is 24.3 Å². The monoisotopic (exact) mass is 450 g/mol. The molecule has 5 heteroatoms. The zero-order chi connectivity index (χ0) is 23.3. The summed E-state index contributed by atoms with van der Waals surface area (Å²) in [6.07, 6.45) is -0.127. The molecule has 0 amide bonds. The molecule has 1 atom stereocenters. The summed E-state index contributed by atoms with van der Waals surface area (Å²) in [5.41, 5.74) is 1.64. The highest BCUT2D eigenvalue weighted by atomic mass is 28.3. The normalized spacial score (nSPS) is 12.5. The minimum atomic E-state index is -2.08. The molecule has 0 saturated carbocycles. The summed E-state index contributed by atoms with van der Waals surface area (Å²) in [5.74, 6) is 2.08. The number of aliphatic hydroxyl groups is 1. The van der Waals surface area contributed by atoms with E-state index in [1.54, 1.807) is 21.1 Å². The Morgan fingerprint density at radius 3 is 1.78 bits per heavy atom. The molecule has 4 nitrogen and oxygen atoms in total. The summed E-state index contributed by atoms with van der Waals surface area (Å²) in [6, 6.07) is 22.8. The lowest BCUT2D eigenvalue weighted by Gasteiger charge is -2.30. The lowest BCUT2D eigenvalue weighted by Crippen LogP contribution is -2.47. The van der Waals surface area contributed by atoms with Crippen LogP contribution in [0.3, 0.4) is 0 Å². The third-order valence-corrected chi connectivity index (χ3v) is 7.92. The number of hydrogen-bond donors (Lipinski definition) is 1. The van der Waals surface area contributed by atoms with Crippen molar-refractivity contribution in [1.82, 2.24) is 0 Å². The molecule has 0 saturated heterocycles. The molecule has 32 heavy (non-hydrogen) atoms. The molecule has 1 N–H and O–H groups in total. The Bertz CT molecular complexity index is 972. The van der Waals surface area contributed by atoms with Gasteiger partial charge in [0.15, 0.2) is 11.5 Å². The standard InChI is InChI=1S/C27H34O4Si/c1-19(28)17-22-24(29-5)18-23(27(2,3)4)26(25(22)30-6)31-32(20-13-9-7-10-14-20)21-15-11-8-12-16-21/h7-16,18-19,28,32H,17H2,1-6H3. The van der Waals surface area contributed by atoms with Crippen LogP contribution in [-0.2, 0) is 11.8 Å². The van der Waals surface area contributed by atoms with Gasteiger partial charge in [-0.2, -0.15) is 0 Å². The first-order valence-corrected chi connectivity index (χ1v) is 12.6. The lowest BCUT2D eigenvalue weighted by atomic mass is 9.84. The molecule has 3 aromatic rings. The van der Waals surface area contributed by atoms with Crippen LogP contribution in [0.25, 0.3) is 0 Å². The minimum Gasteiger partial charge on any atom is -0.535 e. The quantitative estimate of drug-likeness (QED) is 0.530. The first-order chi connectivity index (χ1) is 15.3. The van der Waals surface area contributed by atoms with Gasteiger partial charge in [0.1, 0.15) is 5.75 Å². The lowest BCUT2D eigenvalue weighted by molar-refractivity contribution is 0.192. The van der Waals surface area contributed by atoms with Crippen molar-refractivity contribution in [3.63, 3.8) is 0 Å². The van der Waals surface area contributed by atoms with Gasteiger partial charge in [-0.15, -0.1) is 0 Å². The van der Waals surface area contributed by atoms with Gasteiger partial charge in [0, 0.05) is 17.5 Å². The largest absolute Gasteiger partial charge is 0.535 e. The molecule has 0 aromatic heterocycles. The highest BCUT2D eigenvalue weighted by Crippen LogP contribution is 2.46. The van der Waals surface area contributed by atoms with Crippen molar-refractivity contribution in [1.29, 1.82) is 0 Å². The molecule has 3 aromatic carbocycles. The molecule has 3 rings (SSSR count). The van der Waals surface area contributed by atoms with E-state index in [0.717, 1.165) is 16.9 Å². The average molecular weight is 451 g/mol. The van der Waals surface area contributed by atoms with E-state index in [4.69, 9.17) is 13.9 Å². The Morgan fingerprint density at radius 2 is 1.38 bits per heavy atom. The van der Waals surface area contributed by atoms with E-state index in [1.807, 2.05) is 18.2 Å². The maximum absolute atomic E-state index is 10.2. The zero-order valence-electron chi connectivity index (χ0n) is 19.9. The van der Waals surface area contributed by atoms with Crippen LogP contribution in [0.1, 0.15) is 38.8 Å². The Hall–Kier alpha value is -2.76. The van der Waals surface area contributed by atoms with Crippen molar-refractivity contribution in [3.8, 4) is 17.2 Å². The number of methoxy groups -OCH3 is 2. The van der Waals surface area contributed by atoms with Crippen molar-refractivity contribution in [2.75, 3.05) is 14.2 Å². The van der Waals surface area contributed by atoms with E-state index in [-0.39, 0.29) is 5.41 Å². The maximum atomic E-state index is 10.2. The van der Waals surface area contributed by atoms with E-state index < -0.39 is 15.1 Å². The van der Waals surface area contributed by atoms with Crippen molar-refractivity contribution < 1.29 is 19.0 Å². The topological polar surface area (TPSA) is 47.9 Å². The summed E-state index contributed by atoms with van der Waals surface area (Å²) in [7, 11) is 1.22. The fraction of sp³-hybridized carbons (Fsp3) is 0.333. The zero-order valence-corrected chi connectivity index (χ0v) is 21.0. The minimum absolute atomic E-state index is 0.203. The number of aliphatic hydroxyl groups excluding tert-OH is 1. The third-order valence-electron chi connectivity index (χ3n) is 5.47. The van der Waals surface area contributed by atoms with Crippen LogP contribution >= 0.6 is 0 Å². The van der Waals surface area contributed by atoms with Crippen molar-refractivity contribution in [2.24, 2.45) is 0 Å². The van der Waals surface area contributed by atoms with Gasteiger partial charge in [-0.1, -0.05) is 81.4 Å². The average Bonchev–Trinajstić information content (AvgIpc) is 2.77. The van der Waals surface area contributed by atoms with Gasteiger partial charge >= 0.3 is 0 Å². The highest BCUT2D eigenvalue weighted by molar-refractivity contribution is 6.80. The van der Waals surface area contributed by atoms with Crippen molar-refractivity contribution in [2.45, 2.75) is 45.6 Å². The predicted molar refractivity (Wildman–Crippen MR) is 134 cm³/mol. The summed E-state index contributed by atoms with van der Waals surface area (Å²) in [4.78, 5) is 0. The van der Waals surface area contributed by atoms with Crippen LogP contribution in [0.4, 0.5) is 0 Å². The fourth-order valence-electron chi connectivity index (χ4n) is 3.92. The molecule has 0 aliphatic carbocycles. The molecule has 170 valence electrons. The van der Waals surface area contributed by atoms with Crippen LogP contribution in [0.5, 0.6) is 17.2 Å². The summed E-state index contributed by atoms with van der Waals surface area (Å²) < 4.78 is 18.6. The Balaban J connectivity index is 2.25. The van der Waals surface area contributed by atoms with Gasteiger partial charge in [-0.3, -0.25) is 0 Å². The summed E-state index contributed by atoms with van der Waals surface area (Å²) in [5, 5.41) is 12.5. The van der Waals surface area contributed by atoms with Gasteiger partial charge in [0.25, 0.3) is 9.04 Å². The van der Waals surface area contributed by atoms with Crippen molar-refractivity contribution >= 4 is 19.4 Å². The summed E-state index contributed by atoms with van der Waals surface area (Å²) in [6.45, 7) is 8.24. The molecule has 0 heterocycles. The molecule has 0 bridgehead atoms. The van der Waals surface area contributed by atoms with Crippen LogP contribution in [0.2, 0.25) is 0 Å². The van der Waals surface area contributed by atoms with Gasteiger partial charge in [0.2, 0.25) is 0 Å². The van der Waals surface area contributed by atoms with E-state index in [1.165, 1.54) is 10.4 Å². The van der Waals surface area contributed by atoms with Gasteiger partial charge in [0.05, 0.1) is 20.3 Å². The second-order valence-corrected chi connectivity index (χ2v) is 11.4. The highest BCUT2D eigenvalue weighted by Gasteiger charge is 2.31. The molecule has 0 fully saturated rings. The van der Waals surface area contributed by atoms with E-state index in [0.29, 0.717) is 17.9 Å². The Morgan fingerprint density at radius 1 is 0.844 bits per heavy atom. The van der Waals surface area contributed by atoms with Gasteiger partial charge in [-0.25, -0.2) is 0 Å². The Kier molecular flexibility index (Phi) is 7.64. The van der Waals surface area contributed by atoms with Gasteiger partial charge in [-0.05, 0) is 28.8 Å². The van der Waals surface area contributed by atoms with Crippen molar-refractivity contribution in [3.05, 3.63) is 77.9 Å². The molecule has 1 unspecified atom stereocenters. The number of hydrogen-bond acceptors (Lipinski definition) is 4. The third kappa shape index (κ3) is 5.34. The SMILES string of the molecule is COc1cc(C(C)(C)C)c(O[SiH](c2ccccc2)c2ccccc2)c(OC)c1CC(C)O. The second-order valence-electron chi connectivity index (χ2n) is 9.09. The van der Waals surface area contributed by atoms with E-state index in [2.05, 4.69) is 69.3 Å². The van der Waals surface area contributed by atoms with E-state index in [9.17, 15) is 5.11 Å². The Labute approximate surface area is 193 Å². The molecular formula is C27H34O4Si. The first kappa shape index (κ1) is 23.9. The number of ether oxygens (including phenoxy) is 2. The molecule has 0 aliphatic rings. The summed E-state index contributed by atoms with van der Waals surface area (Å²) >= 11 is 0. The second kappa shape index (κ2) is 10.2. The molecule has 0 aliphatic heterocycles. The fourth-order valence-corrected chi connectivity index (χ4v) is 6.19. The van der Waals surface area contributed by atoms with Crippen LogP contribution in [0, 0.1) is 0 Å². The maximum Gasteiger partial charge on any atom is 0.299 e. The number of rotatable bonds is 8. The number of benzene rings is 3. The van der Waals surface area contributed by atoms with Gasteiger partial charge < -0.3 is 19.0 Å². The van der Waals surface area contributed by atoms with Crippen LogP contribution in [-0.4, -0.2) is 34.5 Å². The van der Waals surface area contributed by atoms with Crippen LogP contribution in [0.15, 0.2) is 66.7 Å². The van der Waals surface area contributed by atoms with E-state index >= 15 is 0 Å². The molecular weight excluding hydrogens is 416 g/mol. The molecule has 0 radical (unpaired) electrons. The first-order valence-electron chi connectivity index (χ1n) is 11.0. The molecule has 0 spiro atoms.